The normalized spacial score (nSPS) is 16.6. The number of aromatic amines is 1. The molecule has 176 valence electrons. The fraction of sp³-hybridized carbons (Fsp3) is 0.455. The number of benzene rings is 1. The van der Waals surface area contributed by atoms with Crippen LogP contribution in [0.25, 0.3) is 11.2 Å². The van der Waals surface area contributed by atoms with Crippen LogP contribution in [0, 0.1) is 17.5 Å². The molecule has 2 aromatic heterocycles. The summed E-state index contributed by atoms with van der Waals surface area (Å²) in [6.45, 7) is 0.888. The Morgan fingerprint density at radius 2 is 1.73 bits per heavy atom. The van der Waals surface area contributed by atoms with E-state index in [0.717, 1.165) is 38.6 Å². The molecule has 3 heterocycles. The lowest BCUT2D eigenvalue weighted by Crippen LogP contribution is -2.28. The zero-order chi connectivity index (χ0) is 23.2. The number of carbonyl (C=O) groups is 1. The van der Waals surface area contributed by atoms with Crippen molar-refractivity contribution in [3.8, 4) is 0 Å². The monoisotopic (exact) mass is 461 g/mol. The Morgan fingerprint density at radius 1 is 0.970 bits per heavy atom. The minimum Gasteiger partial charge on any atom is -0.356 e. The Kier molecular flexibility index (Phi) is 7.26. The predicted molar refractivity (Wildman–Crippen MR) is 119 cm³/mol. The lowest BCUT2D eigenvalue weighted by molar-refractivity contribution is -0.122. The summed E-state index contributed by atoms with van der Waals surface area (Å²) in [7, 11) is 0. The van der Waals surface area contributed by atoms with Gasteiger partial charge in [0.2, 0.25) is 17.8 Å². The van der Waals surface area contributed by atoms with E-state index in [0.29, 0.717) is 35.3 Å². The van der Waals surface area contributed by atoms with Gasteiger partial charge in [-0.15, -0.1) is 0 Å². The van der Waals surface area contributed by atoms with Gasteiger partial charge in [0, 0.05) is 31.1 Å². The van der Waals surface area contributed by atoms with Crippen molar-refractivity contribution >= 4 is 34.7 Å². The first-order chi connectivity index (χ1) is 16.0. The molecule has 0 bridgehead atoms. The number of nitrogens with zero attached hydrogens (tertiary/aromatic N) is 3. The average molecular weight is 461 g/mol. The number of carbonyl (C=O) groups excluding carboxylic acids is 1. The molecule has 3 aromatic rings. The molecule has 1 aliphatic heterocycles. The molecular weight excluding hydrogens is 435 g/mol. The number of anilines is 3. The second-order valence-corrected chi connectivity index (χ2v) is 8.17. The summed E-state index contributed by atoms with van der Waals surface area (Å²) in [6.07, 6.45) is 10.3. The van der Waals surface area contributed by atoms with Crippen molar-refractivity contribution in [3.63, 3.8) is 0 Å². The van der Waals surface area contributed by atoms with Gasteiger partial charge < -0.3 is 20.9 Å². The molecule has 5 rings (SSSR count). The molecule has 0 atom stereocenters. The Labute approximate surface area is 188 Å². The second-order valence-electron chi connectivity index (χ2n) is 8.17. The molecule has 0 unspecified atom stereocenters. The van der Waals surface area contributed by atoms with Crippen molar-refractivity contribution in [3.05, 3.63) is 35.8 Å². The van der Waals surface area contributed by atoms with Crippen LogP contribution in [0.15, 0.2) is 18.3 Å². The van der Waals surface area contributed by atoms with Gasteiger partial charge in [0.1, 0.15) is 17.0 Å². The molecule has 11 heteroatoms. The van der Waals surface area contributed by atoms with Gasteiger partial charge >= 0.3 is 0 Å². The van der Waals surface area contributed by atoms with Gasteiger partial charge in [-0.2, -0.15) is 9.97 Å². The number of amides is 1. The summed E-state index contributed by atoms with van der Waals surface area (Å²) in [5, 5.41) is 8.53. The largest absolute Gasteiger partial charge is 0.356 e. The van der Waals surface area contributed by atoms with Gasteiger partial charge in [-0.1, -0.05) is 19.3 Å². The highest BCUT2D eigenvalue weighted by atomic mass is 19.1. The van der Waals surface area contributed by atoms with E-state index in [9.17, 15) is 18.0 Å². The molecular formula is C22H26F3N7O. The fourth-order valence-electron chi connectivity index (χ4n) is 3.87. The average Bonchev–Trinajstić information content (AvgIpc) is 3.20. The van der Waals surface area contributed by atoms with Crippen molar-refractivity contribution in [1.29, 1.82) is 0 Å². The molecule has 2 aliphatic rings. The highest BCUT2D eigenvalue weighted by molar-refractivity contribution is 5.76. The number of aromatic nitrogens is 4. The lowest BCUT2D eigenvalue weighted by atomic mass is 9.96. The van der Waals surface area contributed by atoms with E-state index in [-0.39, 0.29) is 11.9 Å². The Bertz CT molecular complexity index is 1080. The van der Waals surface area contributed by atoms with Gasteiger partial charge in [0.25, 0.3) is 0 Å². The van der Waals surface area contributed by atoms with Crippen molar-refractivity contribution in [1.82, 2.24) is 25.3 Å². The van der Waals surface area contributed by atoms with Crippen LogP contribution in [0.2, 0.25) is 0 Å². The highest BCUT2D eigenvalue weighted by Crippen LogP contribution is 2.25. The van der Waals surface area contributed by atoms with Crippen LogP contribution >= 0.6 is 0 Å². The Balaban J connectivity index is 0.000000318. The summed E-state index contributed by atoms with van der Waals surface area (Å²) in [5.41, 5.74) is 0.396. The first-order valence-electron chi connectivity index (χ1n) is 11.2. The van der Waals surface area contributed by atoms with Gasteiger partial charge in [-0.25, -0.2) is 18.2 Å². The third-order valence-corrected chi connectivity index (χ3v) is 5.58. The van der Waals surface area contributed by atoms with Crippen molar-refractivity contribution in [2.75, 3.05) is 17.2 Å². The van der Waals surface area contributed by atoms with Gasteiger partial charge in [-0.05, 0) is 25.7 Å². The van der Waals surface area contributed by atoms with Crippen LogP contribution < -0.4 is 16.0 Å². The number of hydrogen-bond acceptors (Lipinski definition) is 6. The maximum Gasteiger partial charge on any atom is 0.225 e. The molecule has 8 nitrogen and oxygen atoms in total. The summed E-state index contributed by atoms with van der Waals surface area (Å²) in [6, 6.07) is 1.54. The minimum atomic E-state index is -1.05. The molecule has 0 radical (unpaired) electrons. The molecule has 2 fully saturated rings. The number of nitrogens with one attached hydrogen (secondary N) is 4. The molecule has 1 aliphatic carbocycles. The Morgan fingerprint density at radius 3 is 2.36 bits per heavy atom. The molecule has 1 amide bonds. The lowest BCUT2D eigenvalue weighted by Gasteiger charge is -2.22. The van der Waals surface area contributed by atoms with Crippen LogP contribution in [0.3, 0.4) is 0 Å². The SMILES string of the molecule is Fc1cc(F)c(Nc2nc3nc(NC4CCCCC4)ncc3[nH]2)c(F)c1.O=C1CCCCN1. The zero-order valence-electron chi connectivity index (χ0n) is 18.1. The third kappa shape index (κ3) is 6.11. The van der Waals surface area contributed by atoms with E-state index in [4.69, 9.17) is 0 Å². The van der Waals surface area contributed by atoms with Crippen LogP contribution in [0.4, 0.5) is 30.8 Å². The molecule has 1 saturated heterocycles. The third-order valence-electron chi connectivity index (χ3n) is 5.58. The molecule has 1 aromatic carbocycles. The van der Waals surface area contributed by atoms with Crippen LogP contribution in [0.5, 0.6) is 0 Å². The number of rotatable bonds is 4. The topological polar surface area (TPSA) is 108 Å². The van der Waals surface area contributed by atoms with Gasteiger partial charge in [0.15, 0.2) is 17.3 Å². The maximum atomic E-state index is 13.8. The smallest absolute Gasteiger partial charge is 0.225 e. The number of H-pyrrole nitrogens is 1. The van der Waals surface area contributed by atoms with Crippen LogP contribution in [-0.4, -0.2) is 38.4 Å². The van der Waals surface area contributed by atoms with Crippen molar-refractivity contribution < 1.29 is 18.0 Å². The quantitative estimate of drug-likeness (QED) is 0.454. The van der Waals surface area contributed by atoms with E-state index in [1.54, 1.807) is 6.20 Å². The van der Waals surface area contributed by atoms with E-state index >= 15 is 0 Å². The predicted octanol–water partition coefficient (Wildman–Crippen LogP) is 4.54. The zero-order valence-corrected chi connectivity index (χ0v) is 18.1. The van der Waals surface area contributed by atoms with Gasteiger partial charge in [0.05, 0.1) is 6.20 Å². The summed E-state index contributed by atoms with van der Waals surface area (Å²) in [4.78, 5) is 26.0. The van der Waals surface area contributed by atoms with Gasteiger partial charge in [-0.3, -0.25) is 4.79 Å². The standard InChI is InChI=1S/C17H17F3N6.C5H9NO/c18-9-6-11(19)14(12(20)7-9)24-17-23-13-8-21-16(25-15(13)26-17)22-10-4-2-1-3-5-10;7-5-3-1-2-4-6-5/h6-8,10H,1-5H2,(H3,21,22,23,24,25,26);1-4H2,(H,6,7). The number of imidazole rings is 1. The Hall–Kier alpha value is -3.37. The molecule has 4 N–H and O–H groups in total. The molecule has 1 saturated carbocycles. The first kappa shape index (κ1) is 22.8. The number of halogens is 3. The molecule has 33 heavy (non-hydrogen) atoms. The summed E-state index contributed by atoms with van der Waals surface area (Å²) >= 11 is 0. The summed E-state index contributed by atoms with van der Waals surface area (Å²) in [5.74, 6) is -2.30. The molecule has 0 spiro atoms. The van der Waals surface area contributed by atoms with E-state index in [1.165, 1.54) is 19.3 Å². The van der Waals surface area contributed by atoms with Crippen LogP contribution in [-0.2, 0) is 4.79 Å². The van der Waals surface area contributed by atoms with Crippen molar-refractivity contribution in [2.45, 2.75) is 57.4 Å². The fourth-order valence-corrected chi connectivity index (χ4v) is 3.87. The summed E-state index contributed by atoms with van der Waals surface area (Å²) < 4.78 is 40.5. The number of piperidine rings is 1. The van der Waals surface area contributed by atoms with Crippen molar-refractivity contribution in [2.24, 2.45) is 0 Å². The minimum absolute atomic E-state index is 0.0912. The first-order valence-corrected chi connectivity index (χ1v) is 11.2. The van der Waals surface area contributed by atoms with Crippen LogP contribution in [0.1, 0.15) is 51.4 Å². The second kappa shape index (κ2) is 10.5. The highest BCUT2D eigenvalue weighted by Gasteiger charge is 2.16. The van der Waals surface area contributed by atoms with E-state index < -0.39 is 23.1 Å². The van der Waals surface area contributed by atoms with E-state index in [2.05, 4.69) is 35.9 Å². The van der Waals surface area contributed by atoms with E-state index in [1.807, 2.05) is 0 Å². The number of hydrogen-bond donors (Lipinski definition) is 4. The maximum absolute atomic E-state index is 13.8. The number of fused-ring (bicyclic) bond motifs is 1.